The molecule has 1 aliphatic heterocycles. The predicted octanol–water partition coefficient (Wildman–Crippen LogP) is 1.98. The number of ether oxygens (including phenoxy) is 1. The Balaban J connectivity index is 1.86. The molecule has 1 N–H and O–H groups in total. The Morgan fingerprint density at radius 2 is 1.86 bits per heavy atom. The normalized spacial score (nSPS) is 14.5. The van der Waals surface area contributed by atoms with Crippen LogP contribution in [0, 0.1) is 11.3 Å². The van der Waals surface area contributed by atoms with Crippen molar-refractivity contribution in [1.82, 2.24) is 15.0 Å². The second-order valence-electron chi connectivity index (χ2n) is 4.63. The van der Waals surface area contributed by atoms with E-state index in [4.69, 9.17) is 21.6 Å². The maximum atomic E-state index is 9.10. The Morgan fingerprint density at radius 3 is 2.55 bits per heavy atom. The molecule has 0 unspecified atom stereocenters. The molecule has 0 saturated carbocycles. The van der Waals surface area contributed by atoms with Gasteiger partial charge >= 0.3 is 0 Å². The maximum absolute atomic E-state index is 9.10. The van der Waals surface area contributed by atoms with Crippen LogP contribution in [0.4, 0.5) is 17.6 Å². The van der Waals surface area contributed by atoms with Crippen molar-refractivity contribution in [3.8, 4) is 6.07 Å². The van der Waals surface area contributed by atoms with Gasteiger partial charge in [0.15, 0.2) is 0 Å². The highest BCUT2D eigenvalue weighted by Gasteiger charge is 2.16. The molecule has 0 bridgehead atoms. The summed E-state index contributed by atoms with van der Waals surface area (Å²) in [5, 5.41) is 12.8. The fourth-order valence-corrected chi connectivity index (χ4v) is 2.16. The summed E-state index contributed by atoms with van der Waals surface area (Å²) in [7, 11) is 0. The summed E-state index contributed by atoms with van der Waals surface area (Å²) in [6.45, 7) is 2.62. The zero-order valence-electron chi connectivity index (χ0n) is 11.7. The minimum absolute atomic E-state index is 0.0768. The number of hydrogen-bond acceptors (Lipinski definition) is 7. The molecule has 1 aliphatic rings. The lowest BCUT2D eigenvalue weighted by Gasteiger charge is -2.26. The summed E-state index contributed by atoms with van der Waals surface area (Å²) >= 11 is 5.86. The summed E-state index contributed by atoms with van der Waals surface area (Å²) in [6.07, 6.45) is 0. The van der Waals surface area contributed by atoms with Gasteiger partial charge in [-0.2, -0.15) is 20.2 Å². The van der Waals surface area contributed by atoms with Gasteiger partial charge in [-0.3, -0.25) is 0 Å². The lowest BCUT2D eigenvalue weighted by Crippen LogP contribution is -2.37. The third-order valence-electron chi connectivity index (χ3n) is 3.12. The van der Waals surface area contributed by atoms with Crippen molar-refractivity contribution in [3.63, 3.8) is 0 Å². The van der Waals surface area contributed by atoms with Crippen molar-refractivity contribution >= 4 is 29.2 Å². The van der Waals surface area contributed by atoms with E-state index in [0.717, 1.165) is 5.69 Å². The van der Waals surface area contributed by atoms with E-state index in [-0.39, 0.29) is 5.82 Å². The number of aromatic nitrogens is 3. The van der Waals surface area contributed by atoms with Gasteiger partial charge in [0.2, 0.25) is 17.7 Å². The minimum Gasteiger partial charge on any atom is -0.378 e. The average Bonchev–Trinajstić information content (AvgIpc) is 2.57. The quantitative estimate of drug-likeness (QED) is 0.926. The lowest BCUT2D eigenvalue weighted by atomic mass is 10.3. The molecule has 1 aromatic carbocycles. The SMILES string of the molecule is N#Cc1nc(Nc2ccc(Cl)cc2)nc(N2CCOCC2)n1. The highest BCUT2D eigenvalue weighted by Crippen LogP contribution is 2.18. The number of anilines is 3. The molecule has 3 rings (SSSR count). The van der Waals surface area contributed by atoms with E-state index in [1.807, 2.05) is 23.1 Å². The fraction of sp³-hybridized carbons (Fsp3) is 0.286. The number of nitrogens with zero attached hydrogens (tertiary/aromatic N) is 5. The lowest BCUT2D eigenvalue weighted by molar-refractivity contribution is 0.122. The fourth-order valence-electron chi connectivity index (χ4n) is 2.04. The van der Waals surface area contributed by atoms with Gasteiger partial charge in [-0.1, -0.05) is 11.6 Å². The Hall–Kier alpha value is -2.43. The molecule has 8 heteroatoms. The van der Waals surface area contributed by atoms with Crippen molar-refractivity contribution in [2.24, 2.45) is 0 Å². The van der Waals surface area contributed by atoms with Gasteiger partial charge < -0.3 is 15.0 Å². The largest absolute Gasteiger partial charge is 0.378 e. The van der Waals surface area contributed by atoms with Gasteiger partial charge in [-0.15, -0.1) is 0 Å². The molecular formula is C14H13ClN6O. The molecule has 0 radical (unpaired) electrons. The van der Waals surface area contributed by atoms with E-state index < -0.39 is 0 Å². The second kappa shape index (κ2) is 6.56. The van der Waals surface area contributed by atoms with Crippen molar-refractivity contribution < 1.29 is 4.74 Å². The number of nitrogens with one attached hydrogen (secondary N) is 1. The van der Waals surface area contributed by atoms with Crippen molar-refractivity contribution in [3.05, 3.63) is 35.1 Å². The molecule has 112 valence electrons. The van der Waals surface area contributed by atoms with Gasteiger partial charge in [-0.05, 0) is 24.3 Å². The molecule has 22 heavy (non-hydrogen) atoms. The molecule has 7 nitrogen and oxygen atoms in total. The summed E-state index contributed by atoms with van der Waals surface area (Å²) in [4.78, 5) is 14.6. The van der Waals surface area contributed by atoms with E-state index >= 15 is 0 Å². The highest BCUT2D eigenvalue weighted by molar-refractivity contribution is 6.30. The number of nitriles is 1. The molecule has 2 aromatic rings. The van der Waals surface area contributed by atoms with Crippen LogP contribution < -0.4 is 10.2 Å². The second-order valence-corrected chi connectivity index (χ2v) is 5.06. The van der Waals surface area contributed by atoms with Crippen LogP contribution in [0.3, 0.4) is 0 Å². The third kappa shape index (κ3) is 3.42. The predicted molar refractivity (Wildman–Crippen MR) is 82.3 cm³/mol. The van der Waals surface area contributed by atoms with E-state index in [1.165, 1.54) is 0 Å². The Morgan fingerprint density at radius 1 is 1.14 bits per heavy atom. The maximum Gasteiger partial charge on any atom is 0.238 e. The van der Waals surface area contributed by atoms with Crippen molar-refractivity contribution in [2.45, 2.75) is 0 Å². The van der Waals surface area contributed by atoms with Crippen LogP contribution in [-0.2, 0) is 4.74 Å². The van der Waals surface area contributed by atoms with E-state index in [1.54, 1.807) is 12.1 Å². The smallest absolute Gasteiger partial charge is 0.238 e. The van der Waals surface area contributed by atoms with E-state index in [2.05, 4.69) is 20.3 Å². The molecule has 0 amide bonds. The molecule has 1 aromatic heterocycles. The van der Waals surface area contributed by atoms with Gasteiger partial charge in [0.25, 0.3) is 0 Å². The van der Waals surface area contributed by atoms with Crippen LogP contribution in [-0.4, -0.2) is 41.3 Å². The van der Waals surface area contributed by atoms with Crippen LogP contribution in [0.2, 0.25) is 5.02 Å². The number of morpholine rings is 1. The van der Waals surface area contributed by atoms with E-state index in [0.29, 0.717) is 43.2 Å². The number of halogens is 1. The van der Waals surface area contributed by atoms with Crippen LogP contribution in [0.1, 0.15) is 5.82 Å². The Kier molecular flexibility index (Phi) is 4.32. The van der Waals surface area contributed by atoms with Crippen molar-refractivity contribution in [1.29, 1.82) is 5.26 Å². The molecule has 0 atom stereocenters. The average molecular weight is 317 g/mol. The molecule has 0 spiro atoms. The highest BCUT2D eigenvalue weighted by atomic mass is 35.5. The Labute approximate surface area is 132 Å². The summed E-state index contributed by atoms with van der Waals surface area (Å²) < 4.78 is 5.31. The topological polar surface area (TPSA) is 87.0 Å². The van der Waals surface area contributed by atoms with Crippen LogP contribution in [0.5, 0.6) is 0 Å². The standard InChI is InChI=1S/C14H13ClN6O/c15-10-1-3-11(4-2-10)17-13-18-12(9-16)19-14(20-13)21-5-7-22-8-6-21/h1-4H,5-8H2,(H,17,18,19,20). The molecule has 1 saturated heterocycles. The first-order valence-electron chi connectivity index (χ1n) is 6.76. The number of hydrogen-bond donors (Lipinski definition) is 1. The van der Waals surface area contributed by atoms with Crippen LogP contribution in [0.15, 0.2) is 24.3 Å². The Bertz CT molecular complexity index is 693. The van der Waals surface area contributed by atoms with Crippen LogP contribution in [0.25, 0.3) is 0 Å². The first-order valence-corrected chi connectivity index (χ1v) is 7.14. The molecule has 1 fully saturated rings. The summed E-state index contributed by atoms with van der Waals surface area (Å²) in [5.74, 6) is 0.884. The molecular weight excluding hydrogens is 304 g/mol. The van der Waals surface area contributed by atoms with Gasteiger partial charge in [0.05, 0.1) is 13.2 Å². The van der Waals surface area contributed by atoms with Gasteiger partial charge in [-0.25, -0.2) is 0 Å². The van der Waals surface area contributed by atoms with Gasteiger partial charge in [0, 0.05) is 23.8 Å². The number of benzene rings is 1. The molecule has 2 heterocycles. The zero-order valence-corrected chi connectivity index (χ0v) is 12.4. The minimum atomic E-state index is 0.0768. The number of rotatable bonds is 3. The van der Waals surface area contributed by atoms with Crippen LogP contribution >= 0.6 is 11.6 Å². The summed E-state index contributed by atoms with van der Waals surface area (Å²) in [6, 6.07) is 9.11. The first kappa shape index (κ1) is 14.5. The monoisotopic (exact) mass is 316 g/mol. The zero-order chi connectivity index (χ0) is 15.4. The van der Waals surface area contributed by atoms with Crippen molar-refractivity contribution in [2.75, 3.05) is 36.5 Å². The first-order chi connectivity index (χ1) is 10.7. The van der Waals surface area contributed by atoms with Gasteiger partial charge in [0.1, 0.15) is 6.07 Å². The molecule has 0 aliphatic carbocycles. The van der Waals surface area contributed by atoms with E-state index in [9.17, 15) is 0 Å². The summed E-state index contributed by atoms with van der Waals surface area (Å²) in [5.41, 5.74) is 0.785. The third-order valence-corrected chi connectivity index (χ3v) is 3.37.